The molecule has 1 heterocycles. The van der Waals surface area contributed by atoms with E-state index >= 15 is 0 Å². The molecule has 2 heteroatoms. The van der Waals surface area contributed by atoms with Gasteiger partial charge in [-0.05, 0) is 30.5 Å². The van der Waals surface area contributed by atoms with E-state index in [1.54, 1.807) is 6.20 Å². The first kappa shape index (κ1) is 12.1. The fourth-order valence-electron chi connectivity index (χ4n) is 2.06. The lowest BCUT2D eigenvalue weighted by Crippen LogP contribution is -2.29. The number of pyridine rings is 1. The number of benzene rings is 1. The third kappa shape index (κ3) is 2.18. The number of aromatic nitrogens is 1. The maximum absolute atomic E-state index is 10.6. The lowest BCUT2D eigenvalue weighted by atomic mass is 9.82. The summed E-state index contributed by atoms with van der Waals surface area (Å²) in [6, 6.07) is 9.96. The van der Waals surface area contributed by atoms with Crippen molar-refractivity contribution in [3.63, 3.8) is 0 Å². The molecule has 2 atom stereocenters. The largest absolute Gasteiger partial charge is 0.385 e. The number of nitrogens with zero attached hydrogens (tertiary/aromatic N) is 1. The van der Waals surface area contributed by atoms with Crippen LogP contribution in [0.15, 0.2) is 36.5 Å². The average molecular weight is 229 g/mol. The summed E-state index contributed by atoms with van der Waals surface area (Å²) in [7, 11) is 0. The number of hydrogen-bond donors (Lipinski definition) is 1. The van der Waals surface area contributed by atoms with Crippen molar-refractivity contribution in [3.8, 4) is 0 Å². The molecule has 0 saturated carbocycles. The summed E-state index contributed by atoms with van der Waals surface area (Å²) in [6.45, 7) is 6.05. The van der Waals surface area contributed by atoms with E-state index in [-0.39, 0.29) is 5.92 Å². The highest BCUT2D eigenvalue weighted by Gasteiger charge is 2.29. The van der Waals surface area contributed by atoms with Crippen LogP contribution in [0.25, 0.3) is 10.9 Å². The van der Waals surface area contributed by atoms with Crippen LogP contribution in [0.2, 0.25) is 0 Å². The molecule has 1 aromatic carbocycles. The number of hydrogen-bond acceptors (Lipinski definition) is 2. The standard InChI is InChI=1S/C15H19NO/c1-4-11(2)15(3,17)13-8-7-12-6-5-9-16-14(12)10-13/h5-11,17H,4H2,1-3H3. The van der Waals surface area contributed by atoms with E-state index in [4.69, 9.17) is 0 Å². The van der Waals surface area contributed by atoms with Gasteiger partial charge in [0.15, 0.2) is 0 Å². The van der Waals surface area contributed by atoms with E-state index in [0.29, 0.717) is 0 Å². The first-order chi connectivity index (χ1) is 8.05. The van der Waals surface area contributed by atoms with Gasteiger partial charge < -0.3 is 5.11 Å². The lowest BCUT2D eigenvalue weighted by Gasteiger charge is -2.30. The molecular formula is C15H19NO. The van der Waals surface area contributed by atoms with E-state index in [9.17, 15) is 5.11 Å². The Morgan fingerprint density at radius 3 is 2.82 bits per heavy atom. The van der Waals surface area contributed by atoms with Gasteiger partial charge in [0, 0.05) is 11.6 Å². The molecule has 90 valence electrons. The summed E-state index contributed by atoms with van der Waals surface area (Å²) in [5, 5.41) is 11.7. The van der Waals surface area contributed by atoms with Gasteiger partial charge in [-0.2, -0.15) is 0 Å². The van der Waals surface area contributed by atoms with E-state index in [2.05, 4.69) is 18.8 Å². The Morgan fingerprint density at radius 1 is 1.35 bits per heavy atom. The molecule has 2 aromatic rings. The van der Waals surface area contributed by atoms with Gasteiger partial charge in [-0.15, -0.1) is 0 Å². The number of rotatable bonds is 3. The van der Waals surface area contributed by atoms with Gasteiger partial charge in [-0.1, -0.05) is 38.5 Å². The minimum atomic E-state index is -0.791. The average Bonchev–Trinajstić information content (AvgIpc) is 2.37. The van der Waals surface area contributed by atoms with E-state index in [0.717, 1.165) is 22.9 Å². The molecule has 17 heavy (non-hydrogen) atoms. The highest BCUT2D eigenvalue weighted by Crippen LogP contribution is 2.32. The zero-order valence-corrected chi connectivity index (χ0v) is 10.6. The minimum Gasteiger partial charge on any atom is -0.385 e. The summed E-state index contributed by atoms with van der Waals surface area (Å²) in [4.78, 5) is 4.33. The molecule has 0 saturated heterocycles. The van der Waals surface area contributed by atoms with Crippen molar-refractivity contribution in [1.82, 2.24) is 4.98 Å². The van der Waals surface area contributed by atoms with Crippen LogP contribution >= 0.6 is 0 Å². The molecule has 0 aliphatic heterocycles. The van der Waals surface area contributed by atoms with Crippen LogP contribution in [0.4, 0.5) is 0 Å². The molecule has 0 radical (unpaired) electrons. The topological polar surface area (TPSA) is 33.1 Å². The molecular weight excluding hydrogens is 210 g/mol. The van der Waals surface area contributed by atoms with Crippen molar-refractivity contribution in [3.05, 3.63) is 42.1 Å². The molecule has 0 aliphatic carbocycles. The van der Waals surface area contributed by atoms with Crippen molar-refractivity contribution in [2.24, 2.45) is 5.92 Å². The zero-order valence-electron chi connectivity index (χ0n) is 10.6. The minimum absolute atomic E-state index is 0.226. The summed E-state index contributed by atoms with van der Waals surface area (Å²) in [5.41, 5.74) is 1.09. The van der Waals surface area contributed by atoms with Crippen LogP contribution < -0.4 is 0 Å². The van der Waals surface area contributed by atoms with Gasteiger partial charge in [0.2, 0.25) is 0 Å². The highest BCUT2D eigenvalue weighted by molar-refractivity contribution is 5.79. The van der Waals surface area contributed by atoms with Gasteiger partial charge in [0.05, 0.1) is 11.1 Å². The van der Waals surface area contributed by atoms with Crippen LogP contribution in [0.5, 0.6) is 0 Å². The summed E-state index contributed by atoms with van der Waals surface area (Å²) in [5.74, 6) is 0.226. The van der Waals surface area contributed by atoms with Crippen LogP contribution in [-0.2, 0) is 5.60 Å². The Labute approximate surface area is 102 Å². The summed E-state index contributed by atoms with van der Waals surface area (Å²) in [6.07, 6.45) is 2.73. The van der Waals surface area contributed by atoms with E-state index in [1.165, 1.54) is 0 Å². The second kappa shape index (κ2) is 4.46. The van der Waals surface area contributed by atoms with Crippen LogP contribution in [-0.4, -0.2) is 10.1 Å². The van der Waals surface area contributed by atoms with Crippen molar-refractivity contribution in [2.75, 3.05) is 0 Å². The van der Waals surface area contributed by atoms with Crippen molar-refractivity contribution in [1.29, 1.82) is 0 Å². The van der Waals surface area contributed by atoms with Gasteiger partial charge in [-0.3, -0.25) is 4.98 Å². The third-order valence-corrected chi connectivity index (χ3v) is 3.76. The van der Waals surface area contributed by atoms with Crippen molar-refractivity contribution >= 4 is 10.9 Å². The van der Waals surface area contributed by atoms with Gasteiger partial charge in [0.25, 0.3) is 0 Å². The molecule has 0 bridgehead atoms. The highest BCUT2D eigenvalue weighted by atomic mass is 16.3. The fraction of sp³-hybridized carbons (Fsp3) is 0.400. The smallest absolute Gasteiger partial charge is 0.0894 e. The Hall–Kier alpha value is -1.41. The predicted molar refractivity (Wildman–Crippen MR) is 70.8 cm³/mol. The quantitative estimate of drug-likeness (QED) is 0.874. The molecule has 1 aromatic heterocycles. The normalized spacial score (nSPS) is 16.7. The van der Waals surface area contributed by atoms with Gasteiger partial charge >= 0.3 is 0 Å². The van der Waals surface area contributed by atoms with Gasteiger partial charge in [0.1, 0.15) is 0 Å². The molecule has 0 aliphatic rings. The maximum atomic E-state index is 10.6. The van der Waals surface area contributed by atoms with Crippen LogP contribution in [0, 0.1) is 5.92 Å². The monoisotopic (exact) mass is 229 g/mol. The Morgan fingerprint density at radius 2 is 2.12 bits per heavy atom. The molecule has 2 nitrogen and oxygen atoms in total. The predicted octanol–water partition coefficient (Wildman–Crippen LogP) is 3.49. The molecule has 0 amide bonds. The first-order valence-electron chi connectivity index (χ1n) is 6.13. The molecule has 0 spiro atoms. The van der Waals surface area contributed by atoms with Crippen LogP contribution in [0.3, 0.4) is 0 Å². The van der Waals surface area contributed by atoms with Crippen molar-refractivity contribution in [2.45, 2.75) is 32.8 Å². The Kier molecular flexibility index (Phi) is 3.16. The lowest BCUT2D eigenvalue weighted by molar-refractivity contribution is 0.000126. The zero-order chi connectivity index (χ0) is 12.5. The Bertz CT molecular complexity index is 519. The maximum Gasteiger partial charge on any atom is 0.0894 e. The molecule has 2 unspecified atom stereocenters. The molecule has 2 rings (SSSR count). The second-order valence-corrected chi connectivity index (χ2v) is 4.87. The van der Waals surface area contributed by atoms with Crippen LogP contribution in [0.1, 0.15) is 32.8 Å². The number of fused-ring (bicyclic) bond motifs is 1. The summed E-state index contributed by atoms with van der Waals surface area (Å²) < 4.78 is 0. The number of aliphatic hydroxyl groups is 1. The van der Waals surface area contributed by atoms with E-state index < -0.39 is 5.60 Å². The van der Waals surface area contributed by atoms with Gasteiger partial charge in [-0.25, -0.2) is 0 Å². The second-order valence-electron chi connectivity index (χ2n) is 4.87. The van der Waals surface area contributed by atoms with Crippen molar-refractivity contribution < 1.29 is 5.11 Å². The third-order valence-electron chi connectivity index (χ3n) is 3.76. The van der Waals surface area contributed by atoms with E-state index in [1.807, 2.05) is 37.3 Å². The summed E-state index contributed by atoms with van der Waals surface area (Å²) >= 11 is 0. The SMILES string of the molecule is CCC(C)C(C)(O)c1ccc2cccnc2c1. The first-order valence-corrected chi connectivity index (χ1v) is 6.13. The fourth-order valence-corrected chi connectivity index (χ4v) is 2.06. The Balaban J connectivity index is 2.49. The molecule has 0 fully saturated rings. The molecule has 1 N–H and O–H groups in total.